The van der Waals surface area contributed by atoms with Crippen LogP contribution in [0.2, 0.25) is 5.02 Å². The van der Waals surface area contributed by atoms with Crippen molar-refractivity contribution < 1.29 is 9.53 Å². The van der Waals surface area contributed by atoms with Gasteiger partial charge in [0.15, 0.2) is 0 Å². The molecule has 0 aliphatic carbocycles. The maximum Gasteiger partial charge on any atom is 0.274 e. The second kappa shape index (κ2) is 6.89. The van der Waals surface area contributed by atoms with E-state index in [9.17, 15) is 4.79 Å². The number of hydrogen-bond donors (Lipinski definition) is 1. The average Bonchev–Trinajstić information content (AvgIpc) is 2.56. The lowest BCUT2D eigenvalue weighted by atomic mass is 10.3. The minimum atomic E-state index is -0.314. The zero-order valence-corrected chi connectivity index (χ0v) is 12.7. The third-order valence-electron chi connectivity index (χ3n) is 2.89. The number of aromatic nitrogens is 2. The molecule has 0 atom stereocenters. The molecule has 6 heteroatoms. The molecule has 0 spiro atoms. The van der Waals surface area contributed by atoms with Crippen molar-refractivity contribution in [2.45, 2.75) is 0 Å². The summed E-state index contributed by atoms with van der Waals surface area (Å²) < 4.78 is 5.56. The number of carbonyl (C=O) groups is 1. The fourth-order valence-corrected chi connectivity index (χ4v) is 2.05. The summed E-state index contributed by atoms with van der Waals surface area (Å²) in [7, 11) is 0. The fourth-order valence-electron chi connectivity index (χ4n) is 1.88. The number of rotatable bonds is 4. The third kappa shape index (κ3) is 4.05. The Morgan fingerprint density at radius 3 is 2.65 bits per heavy atom. The number of nitrogens with zero attached hydrogens (tertiary/aromatic N) is 2. The second-order valence-electron chi connectivity index (χ2n) is 4.62. The van der Waals surface area contributed by atoms with Crippen molar-refractivity contribution in [1.29, 1.82) is 0 Å². The van der Waals surface area contributed by atoms with E-state index in [2.05, 4.69) is 15.3 Å². The van der Waals surface area contributed by atoms with Crippen LogP contribution in [0.4, 0.5) is 5.69 Å². The van der Waals surface area contributed by atoms with Gasteiger partial charge in [-0.1, -0.05) is 35.9 Å². The Morgan fingerprint density at radius 1 is 1.04 bits per heavy atom. The smallest absolute Gasteiger partial charge is 0.274 e. The number of halogens is 1. The zero-order chi connectivity index (χ0) is 16.1. The fraction of sp³-hybridized carbons (Fsp3) is 0. The number of hydrogen-bond acceptors (Lipinski definition) is 4. The van der Waals surface area contributed by atoms with E-state index < -0.39 is 0 Å². The molecular weight excluding hydrogens is 314 g/mol. The van der Waals surface area contributed by atoms with Crippen LogP contribution < -0.4 is 10.1 Å². The van der Waals surface area contributed by atoms with Crippen LogP contribution in [-0.4, -0.2) is 15.9 Å². The van der Waals surface area contributed by atoms with Crippen LogP contribution in [0.1, 0.15) is 10.5 Å². The first kappa shape index (κ1) is 15.0. The molecule has 0 bridgehead atoms. The molecule has 0 radical (unpaired) electrons. The Hall–Kier alpha value is -2.92. The van der Waals surface area contributed by atoms with Crippen molar-refractivity contribution in [3.05, 3.63) is 77.7 Å². The van der Waals surface area contributed by atoms with Gasteiger partial charge in [-0.2, -0.15) is 0 Å². The Bertz CT molecular complexity index is 825. The van der Waals surface area contributed by atoms with E-state index in [0.717, 1.165) is 0 Å². The lowest BCUT2D eigenvalue weighted by Gasteiger charge is -2.07. The predicted molar refractivity (Wildman–Crippen MR) is 88.0 cm³/mol. The number of anilines is 1. The third-order valence-corrected chi connectivity index (χ3v) is 3.10. The van der Waals surface area contributed by atoms with E-state index in [4.69, 9.17) is 16.3 Å². The highest BCUT2D eigenvalue weighted by molar-refractivity contribution is 6.30. The molecule has 1 amide bonds. The minimum Gasteiger partial charge on any atom is -0.437 e. The molecule has 0 saturated heterocycles. The van der Waals surface area contributed by atoms with Gasteiger partial charge in [-0.25, -0.2) is 4.98 Å². The molecule has 1 N–H and O–H groups in total. The monoisotopic (exact) mass is 325 g/mol. The summed E-state index contributed by atoms with van der Waals surface area (Å²) >= 11 is 5.86. The van der Waals surface area contributed by atoms with Gasteiger partial charge in [-0.15, -0.1) is 0 Å². The molecule has 0 unspecified atom stereocenters. The summed E-state index contributed by atoms with van der Waals surface area (Å²) in [5.41, 5.74) is 0.950. The van der Waals surface area contributed by atoms with Gasteiger partial charge in [-0.05, 0) is 18.2 Å². The number of pyridine rings is 2. The minimum absolute atomic E-state index is 0.251. The highest BCUT2D eigenvalue weighted by atomic mass is 35.5. The van der Waals surface area contributed by atoms with E-state index in [1.807, 2.05) is 18.2 Å². The van der Waals surface area contributed by atoms with Crippen molar-refractivity contribution in [3.63, 3.8) is 0 Å². The van der Waals surface area contributed by atoms with E-state index in [-0.39, 0.29) is 17.5 Å². The van der Waals surface area contributed by atoms with Crippen molar-refractivity contribution in [1.82, 2.24) is 9.97 Å². The van der Waals surface area contributed by atoms with Crippen molar-refractivity contribution in [3.8, 4) is 11.6 Å². The molecule has 3 rings (SSSR count). The molecule has 2 heterocycles. The van der Waals surface area contributed by atoms with E-state index in [1.165, 1.54) is 12.4 Å². The average molecular weight is 326 g/mol. The lowest BCUT2D eigenvalue weighted by Crippen LogP contribution is -2.13. The summed E-state index contributed by atoms with van der Waals surface area (Å²) in [5, 5.41) is 3.23. The maximum atomic E-state index is 12.2. The Balaban J connectivity index is 1.75. The van der Waals surface area contributed by atoms with Gasteiger partial charge in [0.1, 0.15) is 11.4 Å². The molecule has 114 valence electrons. The normalized spacial score (nSPS) is 10.1. The molecule has 23 heavy (non-hydrogen) atoms. The predicted octanol–water partition coefficient (Wildman–Crippen LogP) is 4.17. The van der Waals surface area contributed by atoms with Gasteiger partial charge in [0.05, 0.1) is 11.2 Å². The van der Waals surface area contributed by atoms with Gasteiger partial charge < -0.3 is 10.1 Å². The number of amides is 1. The molecule has 0 aliphatic heterocycles. The summed E-state index contributed by atoms with van der Waals surface area (Å²) in [4.78, 5) is 20.3. The molecular formula is C17H12ClN3O2. The molecule has 5 nitrogen and oxygen atoms in total. The summed E-state index contributed by atoms with van der Waals surface area (Å²) in [6.07, 6.45) is 3.02. The van der Waals surface area contributed by atoms with Crippen LogP contribution in [0, 0.1) is 0 Å². The first-order valence-corrected chi connectivity index (χ1v) is 7.20. The molecule has 0 fully saturated rings. The van der Waals surface area contributed by atoms with Gasteiger partial charge in [-0.3, -0.25) is 9.78 Å². The Kier molecular flexibility index (Phi) is 4.49. The topological polar surface area (TPSA) is 64.1 Å². The number of nitrogens with one attached hydrogen (secondary N) is 1. The van der Waals surface area contributed by atoms with Gasteiger partial charge in [0.25, 0.3) is 5.91 Å². The first-order chi connectivity index (χ1) is 11.2. The quantitative estimate of drug-likeness (QED) is 0.781. The molecule has 1 aromatic carbocycles. The SMILES string of the molecule is O=C(Nc1ccccc1)c1cccc(Oc2cncc(Cl)c2)n1. The Morgan fingerprint density at radius 2 is 1.87 bits per heavy atom. The highest BCUT2D eigenvalue weighted by Crippen LogP contribution is 2.21. The molecule has 3 aromatic rings. The standard InChI is InChI=1S/C17H12ClN3O2/c18-12-9-14(11-19-10-12)23-16-8-4-7-15(21-16)17(22)20-13-5-2-1-3-6-13/h1-11H,(H,20,22). The summed E-state index contributed by atoms with van der Waals surface area (Å²) in [6, 6.07) is 15.7. The number of benzene rings is 1. The molecule has 0 aliphatic rings. The molecule has 2 aromatic heterocycles. The highest BCUT2D eigenvalue weighted by Gasteiger charge is 2.09. The lowest BCUT2D eigenvalue weighted by molar-refractivity contribution is 0.102. The first-order valence-electron chi connectivity index (χ1n) is 6.82. The van der Waals surface area contributed by atoms with Crippen LogP contribution >= 0.6 is 11.6 Å². The molecule has 0 saturated carbocycles. The van der Waals surface area contributed by atoms with Crippen LogP contribution in [0.3, 0.4) is 0 Å². The van der Waals surface area contributed by atoms with Gasteiger partial charge >= 0.3 is 0 Å². The van der Waals surface area contributed by atoms with Crippen molar-refractivity contribution in [2.24, 2.45) is 0 Å². The zero-order valence-electron chi connectivity index (χ0n) is 11.9. The van der Waals surface area contributed by atoms with E-state index >= 15 is 0 Å². The van der Waals surface area contributed by atoms with E-state index in [1.54, 1.807) is 36.4 Å². The second-order valence-corrected chi connectivity index (χ2v) is 5.06. The number of para-hydroxylation sites is 1. The van der Waals surface area contributed by atoms with E-state index in [0.29, 0.717) is 16.5 Å². The summed E-state index contributed by atoms with van der Waals surface area (Å²) in [5.74, 6) is 0.422. The van der Waals surface area contributed by atoms with Gasteiger partial charge in [0.2, 0.25) is 5.88 Å². The van der Waals surface area contributed by atoms with Crippen LogP contribution in [0.15, 0.2) is 67.0 Å². The maximum absolute atomic E-state index is 12.2. The number of carbonyl (C=O) groups excluding carboxylic acids is 1. The largest absolute Gasteiger partial charge is 0.437 e. The van der Waals surface area contributed by atoms with Crippen LogP contribution in [-0.2, 0) is 0 Å². The van der Waals surface area contributed by atoms with Gasteiger partial charge in [0, 0.05) is 24.0 Å². The van der Waals surface area contributed by atoms with Crippen molar-refractivity contribution in [2.75, 3.05) is 5.32 Å². The summed E-state index contributed by atoms with van der Waals surface area (Å²) in [6.45, 7) is 0. The van der Waals surface area contributed by atoms with Crippen molar-refractivity contribution >= 4 is 23.2 Å². The van der Waals surface area contributed by atoms with Crippen LogP contribution in [0.25, 0.3) is 0 Å². The Labute approximate surface area is 137 Å². The van der Waals surface area contributed by atoms with Crippen LogP contribution in [0.5, 0.6) is 11.6 Å². The number of ether oxygens (including phenoxy) is 1.